The van der Waals surface area contributed by atoms with Gasteiger partial charge in [-0.3, -0.25) is 0 Å². The van der Waals surface area contributed by atoms with E-state index >= 15 is 0 Å². The van der Waals surface area contributed by atoms with Crippen LogP contribution in [0.15, 0.2) is 52.3 Å². The SMILES string of the molecule is CNC(C)c1cccc(F)c1Sc1ccccc1C. The minimum Gasteiger partial charge on any atom is -0.313 e. The Bertz CT molecular complexity index is 568. The van der Waals surface area contributed by atoms with Gasteiger partial charge in [-0.1, -0.05) is 42.1 Å². The molecule has 1 nitrogen and oxygen atoms in total. The molecule has 100 valence electrons. The van der Waals surface area contributed by atoms with Gasteiger partial charge in [0.15, 0.2) is 0 Å². The predicted octanol–water partition coefficient (Wildman–Crippen LogP) is 4.57. The molecule has 0 spiro atoms. The van der Waals surface area contributed by atoms with Gasteiger partial charge in [-0.2, -0.15) is 0 Å². The molecule has 1 atom stereocenters. The molecule has 2 aromatic rings. The average Bonchev–Trinajstić information content (AvgIpc) is 2.42. The van der Waals surface area contributed by atoms with Gasteiger partial charge in [0.05, 0.1) is 4.90 Å². The molecule has 0 heterocycles. The van der Waals surface area contributed by atoms with Gasteiger partial charge in [0.25, 0.3) is 0 Å². The van der Waals surface area contributed by atoms with Crippen LogP contribution in [0.1, 0.15) is 24.1 Å². The van der Waals surface area contributed by atoms with Gasteiger partial charge in [-0.15, -0.1) is 0 Å². The molecule has 0 radical (unpaired) electrons. The van der Waals surface area contributed by atoms with E-state index in [2.05, 4.69) is 5.32 Å². The number of benzene rings is 2. The highest BCUT2D eigenvalue weighted by Gasteiger charge is 2.14. The Morgan fingerprint density at radius 2 is 1.84 bits per heavy atom. The van der Waals surface area contributed by atoms with E-state index in [9.17, 15) is 4.39 Å². The molecule has 0 bridgehead atoms. The van der Waals surface area contributed by atoms with E-state index in [-0.39, 0.29) is 11.9 Å². The van der Waals surface area contributed by atoms with E-state index in [4.69, 9.17) is 0 Å². The quantitative estimate of drug-likeness (QED) is 0.877. The Kier molecular flexibility index (Phi) is 4.61. The maximum atomic E-state index is 14.1. The summed E-state index contributed by atoms with van der Waals surface area (Å²) in [5.41, 5.74) is 2.16. The zero-order valence-electron chi connectivity index (χ0n) is 11.4. The monoisotopic (exact) mass is 275 g/mol. The topological polar surface area (TPSA) is 12.0 Å². The number of halogens is 1. The lowest BCUT2D eigenvalue weighted by Crippen LogP contribution is -2.13. The molecule has 0 aromatic heterocycles. The smallest absolute Gasteiger partial charge is 0.137 e. The summed E-state index contributed by atoms with van der Waals surface area (Å²) >= 11 is 1.50. The van der Waals surface area contributed by atoms with Gasteiger partial charge < -0.3 is 5.32 Å². The Balaban J connectivity index is 2.42. The van der Waals surface area contributed by atoms with E-state index < -0.39 is 0 Å². The molecule has 19 heavy (non-hydrogen) atoms. The Morgan fingerprint density at radius 1 is 1.11 bits per heavy atom. The van der Waals surface area contributed by atoms with Crippen molar-refractivity contribution in [2.24, 2.45) is 0 Å². The minimum atomic E-state index is -0.159. The van der Waals surface area contributed by atoms with Crippen LogP contribution in [0.25, 0.3) is 0 Å². The maximum absolute atomic E-state index is 14.1. The largest absolute Gasteiger partial charge is 0.313 e. The van der Waals surface area contributed by atoms with E-state index in [1.165, 1.54) is 23.4 Å². The first-order chi connectivity index (χ1) is 9.13. The number of hydrogen-bond acceptors (Lipinski definition) is 2. The van der Waals surface area contributed by atoms with Crippen LogP contribution >= 0.6 is 11.8 Å². The molecule has 0 aliphatic carbocycles. The van der Waals surface area contributed by atoms with Crippen molar-refractivity contribution < 1.29 is 4.39 Å². The first-order valence-electron chi connectivity index (χ1n) is 6.32. The second-order valence-corrected chi connectivity index (χ2v) is 5.59. The summed E-state index contributed by atoms with van der Waals surface area (Å²) in [7, 11) is 1.89. The molecule has 0 fully saturated rings. The molecule has 0 aliphatic heterocycles. The molecule has 1 N–H and O–H groups in total. The van der Waals surface area contributed by atoms with Gasteiger partial charge >= 0.3 is 0 Å². The summed E-state index contributed by atoms with van der Waals surface area (Å²) in [6.07, 6.45) is 0. The lowest BCUT2D eigenvalue weighted by molar-refractivity contribution is 0.576. The van der Waals surface area contributed by atoms with Crippen LogP contribution in [-0.2, 0) is 0 Å². The van der Waals surface area contributed by atoms with Crippen LogP contribution in [0.2, 0.25) is 0 Å². The molecule has 2 rings (SSSR count). The van der Waals surface area contributed by atoms with Crippen molar-refractivity contribution in [1.82, 2.24) is 5.32 Å². The molecular weight excluding hydrogens is 257 g/mol. The van der Waals surface area contributed by atoms with Gasteiger partial charge in [-0.25, -0.2) is 4.39 Å². The molecule has 1 unspecified atom stereocenters. The zero-order chi connectivity index (χ0) is 13.8. The first kappa shape index (κ1) is 14.1. The number of hydrogen-bond donors (Lipinski definition) is 1. The van der Waals surface area contributed by atoms with E-state index in [1.807, 2.05) is 51.2 Å². The second-order valence-electron chi connectivity index (χ2n) is 4.54. The van der Waals surface area contributed by atoms with Crippen LogP contribution in [0.3, 0.4) is 0 Å². The molecule has 3 heteroatoms. The summed E-state index contributed by atoms with van der Waals surface area (Å²) in [6.45, 7) is 4.08. The fraction of sp³-hybridized carbons (Fsp3) is 0.250. The van der Waals surface area contributed by atoms with Crippen LogP contribution in [0.4, 0.5) is 4.39 Å². The van der Waals surface area contributed by atoms with Crippen molar-refractivity contribution in [2.75, 3.05) is 7.05 Å². The van der Waals surface area contributed by atoms with Crippen molar-refractivity contribution >= 4 is 11.8 Å². The predicted molar refractivity (Wildman–Crippen MR) is 79.2 cm³/mol. The highest BCUT2D eigenvalue weighted by atomic mass is 32.2. The van der Waals surface area contributed by atoms with Crippen LogP contribution < -0.4 is 5.32 Å². The summed E-state index contributed by atoms with van der Waals surface area (Å²) in [5, 5.41) is 3.17. The third kappa shape index (κ3) is 3.17. The lowest BCUT2D eigenvalue weighted by atomic mass is 10.1. The van der Waals surface area contributed by atoms with Crippen LogP contribution in [0.5, 0.6) is 0 Å². The second kappa shape index (κ2) is 6.22. The maximum Gasteiger partial charge on any atom is 0.137 e. The standard InChI is InChI=1S/C16H18FNS/c1-11-7-4-5-10-15(11)19-16-13(12(2)18-3)8-6-9-14(16)17/h4-10,12,18H,1-3H3. The number of rotatable bonds is 4. The molecule has 0 amide bonds. The first-order valence-corrected chi connectivity index (χ1v) is 7.14. The van der Waals surface area contributed by atoms with Crippen molar-refractivity contribution in [3.63, 3.8) is 0 Å². The number of aryl methyl sites for hydroxylation is 1. The third-order valence-corrected chi connectivity index (χ3v) is 4.52. The van der Waals surface area contributed by atoms with Gasteiger partial charge in [-0.05, 0) is 44.2 Å². The molecule has 0 saturated heterocycles. The van der Waals surface area contributed by atoms with Crippen molar-refractivity contribution in [2.45, 2.75) is 29.7 Å². The summed E-state index contributed by atoms with van der Waals surface area (Å²) in [5.74, 6) is -0.159. The number of nitrogens with one attached hydrogen (secondary N) is 1. The van der Waals surface area contributed by atoms with Gasteiger partial charge in [0.2, 0.25) is 0 Å². The van der Waals surface area contributed by atoms with Crippen molar-refractivity contribution in [3.05, 3.63) is 59.4 Å². The lowest BCUT2D eigenvalue weighted by Gasteiger charge is -2.16. The Hall–Kier alpha value is -1.32. The van der Waals surface area contributed by atoms with E-state index in [0.29, 0.717) is 4.90 Å². The molecule has 0 saturated carbocycles. The highest BCUT2D eigenvalue weighted by molar-refractivity contribution is 7.99. The highest BCUT2D eigenvalue weighted by Crippen LogP contribution is 2.36. The molecule has 2 aromatic carbocycles. The summed E-state index contributed by atoms with van der Waals surface area (Å²) in [6, 6.07) is 13.4. The van der Waals surface area contributed by atoms with E-state index in [0.717, 1.165) is 10.5 Å². The fourth-order valence-electron chi connectivity index (χ4n) is 1.91. The van der Waals surface area contributed by atoms with Gasteiger partial charge in [0.1, 0.15) is 5.82 Å². The minimum absolute atomic E-state index is 0.127. The van der Waals surface area contributed by atoms with Crippen LogP contribution in [-0.4, -0.2) is 7.05 Å². The molecule has 0 aliphatic rings. The van der Waals surface area contributed by atoms with Crippen LogP contribution in [0, 0.1) is 12.7 Å². The van der Waals surface area contributed by atoms with Crippen molar-refractivity contribution in [3.8, 4) is 0 Å². The van der Waals surface area contributed by atoms with Crippen molar-refractivity contribution in [1.29, 1.82) is 0 Å². The Labute approximate surface area is 118 Å². The summed E-state index contributed by atoms with van der Waals surface area (Å²) < 4.78 is 14.1. The fourth-order valence-corrected chi connectivity index (χ4v) is 3.03. The third-order valence-electron chi connectivity index (χ3n) is 3.20. The average molecular weight is 275 g/mol. The van der Waals surface area contributed by atoms with Gasteiger partial charge in [0, 0.05) is 10.9 Å². The van der Waals surface area contributed by atoms with E-state index in [1.54, 1.807) is 6.07 Å². The zero-order valence-corrected chi connectivity index (χ0v) is 12.2. The summed E-state index contributed by atoms with van der Waals surface area (Å²) in [4.78, 5) is 1.80. The molecular formula is C16H18FNS. The normalized spacial score (nSPS) is 12.4. The Morgan fingerprint density at radius 3 is 2.53 bits per heavy atom.